The Labute approximate surface area is 121 Å². The van der Waals surface area contributed by atoms with E-state index in [1.54, 1.807) is 0 Å². The summed E-state index contributed by atoms with van der Waals surface area (Å²) in [5.41, 5.74) is 2.64. The minimum atomic E-state index is 0.200. The van der Waals surface area contributed by atoms with Gasteiger partial charge in [-0.2, -0.15) is 0 Å². The van der Waals surface area contributed by atoms with Crippen LogP contribution < -0.4 is 0 Å². The number of hydrogen-bond donors (Lipinski definition) is 1. The first-order valence-electron chi connectivity index (χ1n) is 7.29. The predicted molar refractivity (Wildman–Crippen MR) is 83.7 cm³/mol. The van der Waals surface area contributed by atoms with E-state index in [0.29, 0.717) is 12.6 Å². The summed E-state index contributed by atoms with van der Waals surface area (Å²) in [4.78, 5) is 2.34. The van der Waals surface area contributed by atoms with Crippen molar-refractivity contribution in [2.24, 2.45) is 0 Å². The number of aliphatic hydroxyl groups is 1. The van der Waals surface area contributed by atoms with E-state index in [0.717, 1.165) is 13.0 Å². The molecule has 0 heterocycles. The Morgan fingerprint density at radius 2 is 1.55 bits per heavy atom. The van der Waals surface area contributed by atoms with Crippen LogP contribution in [0.15, 0.2) is 60.7 Å². The van der Waals surface area contributed by atoms with Crippen molar-refractivity contribution < 1.29 is 5.11 Å². The second-order valence-corrected chi connectivity index (χ2v) is 4.97. The number of likely N-dealkylation sites (N-methyl/N-ethyl adjacent to an activating group) is 1. The molecule has 2 aromatic rings. The highest BCUT2D eigenvalue weighted by atomic mass is 16.3. The maximum absolute atomic E-state index is 9.29. The maximum atomic E-state index is 9.29. The summed E-state index contributed by atoms with van der Waals surface area (Å²) < 4.78 is 0. The standard InChI is InChI=1S/C18H23NO/c1-2-19(13-14-20)18(17-11-7-4-8-12-17)15-16-9-5-3-6-10-16/h3-12,18,20H,2,13-15H2,1H3/t18-/m0/s1. The van der Waals surface area contributed by atoms with Crippen molar-refractivity contribution in [1.29, 1.82) is 0 Å². The Hall–Kier alpha value is -1.64. The molecule has 0 aromatic heterocycles. The quantitative estimate of drug-likeness (QED) is 0.834. The minimum Gasteiger partial charge on any atom is -0.395 e. The van der Waals surface area contributed by atoms with Crippen molar-refractivity contribution >= 4 is 0 Å². The van der Waals surface area contributed by atoms with Crippen LogP contribution in [0, 0.1) is 0 Å². The largest absolute Gasteiger partial charge is 0.395 e. The lowest BCUT2D eigenvalue weighted by Gasteiger charge is -2.30. The molecule has 106 valence electrons. The van der Waals surface area contributed by atoms with Gasteiger partial charge in [0, 0.05) is 12.6 Å². The van der Waals surface area contributed by atoms with Gasteiger partial charge in [0.05, 0.1) is 6.61 Å². The van der Waals surface area contributed by atoms with E-state index in [1.165, 1.54) is 11.1 Å². The fraction of sp³-hybridized carbons (Fsp3) is 0.333. The summed E-state index contributed by atoms with van der Waals surface area (Å²) in [5, 5.41) is 9.29. The number of aliphatic hydroxyl groups excluding tert-OH is 1. The molecular formula is C18H23NO. The van der Waals surface area contributed by atoms with Gasteiger partial charge in [-0.1, -0.05) is 67.6 Å². The highest BCUT2D eigenvalue weighted by molar-refractivity contribution is 5.24. The van der Waals surface area contributed by atoms with Crippen LogP contribution in [0.4, 0.5) is 0 Å². The van der Waals surface area contributed by atoms with Crippen molar-refractivity contribution in [2.45, 2.75) is 19.4 Å². The average Bonchev–Trinajstić information content (AvgIpc) is 2.52. The second kappa shape index (κ2) is 7.83. The highest BCUT2D eigenvalue weighted by Crippen LogP contribution is 2.24. The molecular weight excluding hydrogens is 246 g/mol. The Kier molecular flexibility index (Phi) is 5.78. The summed E-state index contributed by atoms with van der Waals surface area (Å²) >= 11 is 0. The molecule has 0 radical (unpaired) electrons. The van der Waals surface area contributed by atoms with Crippen LogP contribution >= 0.6 is 0 Å². The number of benzene rings is 2. The second-order valence-electron chi connectivity index (χ2n) is 4.97. The predicted octanol–water partition coefficient (Wildman–Crippen LogP) is 3.28. The number of rotatable bonds is 7. The Balaban J connectivity index is 2.24. The normalized spacial score (nSPS) is 12.6. The topological polar surface area (TPSA) is 23.5 Å². The molecule has 20 heavy (non-hydrogen) atoms. The van der Waals surface area contributed by atoms with E-state index in [2.05, 4.69) is 60.4 Å². The molecule has 0 amide bonds. The molecule has 0 bridgehead atoms. The summed E-state index contributed by atoms with van der Waals surface area (Å²) in [5.74, 6) is 0. The van der Waals surface area contributed by atoms with Gasteiger partial charge in [-0.3, -0.25) is 4.90 Å². The third kappa shape index (κ3) is 3.92. The van der Waals surface area contributed by atoms with Crippen molar-refractivity contribution in [3.8, 4) is 0 Å². The summed E-state index contributed by atoms with van der Waals surface area (Å²) in [6, 6.07) is 21.4. The molecule has 0 unspecified atom stereocenters. The molecule has 2 nitrogen and oxygen atoms in total. The van der Waals surface area contributed by atoms with Gasteiger partial charge in [-0.15, -0.1) is 0 Å². The lowest BCUT2D eigenvalue weighted by Crippen LogP contribution is -2.32. The molecule has 0 aliphatic heterocycles. The molecule has 0 saturated heterocycles. The van der Waals surface area contributed by atoms with E-state index >= 15 is 0 Å². The molecule has 0 spiro atoms. The Morgan fingerprint density at radius 1 is 0.950 bits per heavy atom. The van der Waals surface area contributed by atoms with E-state index in [-0.39, 0.29) is 6.61 Å². The molecule has 0 saturated carbocycles. The Bertz CT molecular complexity index is 483. The van der Waals surface area contributed by atoms with Crippen molar-refractivity contribution in [1.82, 2.24) is 4.90 Å². The van der Waals surface area contributed by atoms with Crippen molar-refractivity contribution in [2.75, 3.05) is 19.7 Å². The zero-order chi connectivity index (χ0) is 14.2. The third-order valence-electron chi connectivity index (χ3n) is 3.69. The average molecular weight is 269 g/mol. The van der Waals surface area contributed by atoms with E-state index < -0.39 is 0 Å². The smallest absolute Gasteiger partial charge is 0.0558 e. The van der Waals surface area contributed by atoms with Gasteiger partial charge in [-0.25, -0.2) is 0 Å². The van der Waals surface area contributed by atoms with Gasteiger partial charge in [0.2, 0.25) is 0 Å². The van der Waals surface area contributed by atoms with Crippen LogP contribution in [0.3, 0.4) is 0 Å². The zero-order valence-electron chi connectivity index (χ0n) is 12.1. The van der Waals surface area contributed by atoms with Crippen LogP contribution in [0.5, 0.6) is 0 Å². The van der Waals surface area contributed by atoms with Gasteiger partial charge in [0.25, 0.3) is 0 Å². The molecule has 0 fully saturated rings. The summed E-state index contributed by atoms with van der Waals surface area (Å²) in [7, 11) is 0. The minimum absolute atomic E-state index is 0.200. The van der Waals surface area contributed by atoms with Crippen LogP contribution in [0.1, 0.15) is 24.1 Å². The lowest BCUT2D eigenvalue weighted by molar-refractivity contribution is 0.156. The molecule has 1 N–H and O–H groups in total. The third-order valence-corrected chi connectivity index (χ3v) is 3.69. The number of nitrogens with zero attached hydrogens (tertiary/aromatic N) is 1. The van der Waals surface area contributed by atoms with Gasteiger partial charge in [0.15, 0.2) is 0 Å². The van der Waals surface area contributed by atoms with E-state index in [4.69, 9.17) is 0 Å². The molecule has 0 aliphatic carbocycles. The van der Waals surface area contributed by atoms with Gasteiger partial charge < -0.3 is 5.11 Å². The summed E-state index contributed by atoms with van der Waals surface area (Å²) in [6.07, 6.45) is 0.971. The molecule has 2 rings (SSSR count). The van der Waals surface area contributed by atoms with Crippen molar-refractivity contribution in [3.63, 3.8) is 0 Å². The van der Waals surface area contributed by atoms with Crippen LogP contribution in [0.2, 0.25) is 0 Å². The van der Waals surface area contributed by atoms with Gasteiger partial charge in [-0.05, 0) is 24.1 Å². The molecule has 0 aliphatic rings. The Morgan fingerprint density at radius 3 is 2.10 bits per heavy atom. The van der Waals surface area contributed by atoms with Gasteiger partial charge >= 0.3 is 0 Å². The van der Waals surface area contributed by atoms with Crippen LogP contribution in [-0.2, 0) is 6.42 Å². The zero-order valence-corrected chi connectivity index (χ0v) is 12.1. The lowest BCUT2D eigenvalue weighted by atomic mass is 9.97. The highest BCUT2D eigenvalue weighted by Gasteiger charge is 2.18. The maximum Gasteiger partial charge on any atom is 0.0558 e. The fourth-order valence-electron chi connectivity index (χ4n) is 2.63. The monoisotopic (exact) mass is 269 g/mol. The molecule has 2 aromatic carbocycles. The van der Waals surface area contributed by atoms with Gasteiger partial charge in [0.1, 0.15) is 0 Å². The first-order valence-corrected chi connectivity index (χ1v) is 7.29. The SMILES string of the molecule is CCN(CCO)[C@@H](Cc1ccccc1)c1ccccc1. The summed E-state index contributed by atoms with van der Waals surface area (Å²) in [6.45, 7) is 4.00. The first-order chi connectivity index (χ1) is 9.85. The van der Waals surface area contributed by atoms with E-state index in [1.807, 2.05) is 12.1 Å². The van der Waals surface area contributed by atoms with Crippen LogP contribution in [-0.4, -0.2) is 29.7 Å². The van der Waals surface area contributed by atoms with Crippen molar-refractivity contribution in [3.05, 3.63) is 71.8 Å². The molecule has 1 atom stereocenters. The number of hydrogen-bond acceptors (Lipinski definition) is 2. The fourth-order valence-corrected chi connectivity index (χ4v) is 2.63. The van der Waals surface area contributed by atoms with Crippen LogP contribution in [0.25, 0.3) is 0 Å². The first kappa shape index (κ1) is 14.8. The van der Waals surface area contributed by atoms with E-state index in [9.17, 15) is 5.11 Å². The molecule has 2 heteroatoms.